The highest BCUT2D eigenvalue weighted by Gasteiger charge is 2.43. The molecular weight excluding hydrogens is 1200 g/mol. The number of carboxylic acid groups (broad SMARTS) is 3. The lowest BCUT2D eigenvalue weighted by molar-refractivity contribution is -0.144. The number of amides is 11. The summed E-state index contributed by atoms with van der Waals surface area (Å²) in [5.41, 5.74) is 12.6. The highest BCUT2D eigenvalue weighted by atomic mass is 16.4. The molecule has 19 N–H and O–H groups in total. The largest absolute Gasteiger partial charge is 0.508 e. The molecule has 12 atom stereocenters. The van der Waals surface area contributed by atoms with E-state index in [4.69, 9.17) is 11.5 Å². The summed E-state index contributed by atoms with van der Waals surface area (Å²) < 4.78 is 0. The fourth-order valence-electron chi connectivity index (χ4n) is 10.1. The molecule has 0 radical (unpaired) electrons. The Kier molecular flexibility index (Phi) is 29.1. The number of nitrogens with two attached hydrogens (primary N) is 2. The van der Waals surface area contributed by atoms with Crippen molar-refractivity contribution in [2.24, 2.45) is 17.4 Å². The number of aromatic hydroxyl groups is 1. The number of phenols is 1. The third-order valence-electron chi connectivity index (χ3n) is 15.1. The van der Waals surface area contributed by atoms with Crippen LogP contribution in [-0.2, 0) is 80.0 Å². The Morgan fingerprint density at radius 3 is 1.45 bits per heavy atom. The van der Waals surface area contributed by atoms with E-state index in [0.717, 1.165) is 11.8 Å². The van der Waals surface area contributed by atoms with Gasteiger partial charge in [0.1, 0.15) is 66.2 Å². The van der Waals surface area contributed by atoms with Gasteiger partial charge in [0.2, 0.25) is 65.0 Å². The molecule has 0 aromatic heterocycles. The molecule has 11 amide bonds. The Labute approximate surface area is 522 Å². The summed E-state index contributed by atoms with van der Waals surface area (Å²) in [6, 6.07) is -3.26. The number of aliphatic hydroxyl groups is 3. The fraction of sp³-hybridized carbons (Fsp3) is 0.552. The van der Waals surface area contributed by atoms with Gasteiger partial charge in [-0.1, -0.05) is 56.3 Å². The van der Waals surface area contributed by atoms with E-state index in [-0.39, 0.29) is 50.9 Å². The summed E-state index contributed by atoms with van der Waals surface area (Å²) in [6.07, 6.45) is -4.82. The number of hydrogen-bond donors (Lipinski definition) is 17. The van der Waals surface area contributed by atoms with Crippen LogP contribution in [-0.4, -0.2) is 227 Å². The lowest BCUT2D eigenvalue weighted by Gasteiger charge is -2.32. The van der Waals surface area contributed by atoms with Crippen LogP contribution >= 0.6 is 0 Å². The van der Waals surface area contributed by atoms with Gasteiger partial charge in [0.15, 0.2) is 0 Å². The van der Waals surface area contributed by atoms with Crippen molar-refractivity contribution < 1.29 is 103 Å². The van der Waals surface area contributed by atoms with Crippen LogP contribution in [0, 0.1) is 5.92 Å². The maximum atomic E-state index is 14.6. The van der Waals surface area contributed by atoms with Crippen LogP contribution in [0.3, 0.4) is 0 Å². The first kappa shape index (κ1) is 74.1. The minimum absolute atomic E-state index is 0.00290. The number of carbonyl (C=O) groups is 14. The number of primary amides is 1. The van der Waals surface area contributed by atoms with Gasteiger partial charge in [-0.3, -0.25) is 62.3 Å². The van der Waals surface area contributed by atoms with Crippen molar-refractivity contribution in [2.45, 2.75) is 170 Å². The van der Waals surface area contributed by atoms with Crippen molar-refractivity contribution in [1.29, 1.82) is 0 Å². The van der Waals surface area contributed by atoms with E-state index in [0.29, 0.717) is 17.5 Å². The van der Waals surface area contributed by atoms with Crippen molar-refractivity contribution in [3.05, 3.63) is 65.7 Å². The zero-order valence-electron chi connectivity index (χ0n) is 50.4. The molecule has 2 heterocycles. The van der Waals surface area contributed by atoms with Gasteiger partial charge in [-0.05, 0) is 87.5 Å². The second-order valence-electron chi connectivity index (χ2n) is 22.4. The second-order valence-corrected chi connectivity index (χ2v) is 22.4. The van der Waals surface area contributed by atoms with Crippen LogP contribution in [0.2, 0.25) is 0 Å². The zero-order valence-corrected chi connectivity index (χ0v) is 50.4. The first-order chi connectivity index (χ1) is 43.0. The molecule has 4 rings (SSSR count). The fourth-order valence-corrected chi connectivity index (χ4v) is 10.1. The highest BCUT2D eigenvalue weighted by Crippen LogP contribution is 2.23. The number of aliphatic hydroxyl groups excluding tert-OH is 3. The van der Waals surface area contributed by atoms with Crippen LogP contribution in [0.25, 0.3) is 0 Å². The predicted octanol–water partition coefficient (Wildman–Crippen LogP) is -5.53. The molecule has 0 spiro atoms. The molecule has 2 aliphatic heterocycles. The van der Waals surface area contributed by atoms with Gasteiger partial charge in [-0.2, -0.15) is 0 Å². The van der Waals surface area contributed by atoms with Crippen LogP contribution in [0.5, 0.6) is 5.75 Å². The van der Waals surface area contributed by atoms with Crippen molar-refractivity contribution >= 4 is 82.9 Å². The minimum atomic E-state index is -1.99. The molecule has 2 aromatic rings. The monoisotopic (exact) mass is 1280 g/mol. The highest BCUT2D eigenvalue weighted by molar-refractivity contribution is 6.00. The maximum Gasteiger partial charge on any atom is 0.328 e. The van der Waals surface area contributed by atoms with Gasteiger partial charge in [0, 0.05) is 38.8 Å². The topological polar surface area (TPSA) is 535 Å². The quantitative estimate of drug-likeness (QED) is 0.0303. The van der Waals surface area contributed by atoms with Crippen molar-refractivity contribution in [2.75, 3.05) is 26.3 Å². The number of nitrogens with zero attached hydrogens (tertiary/aromatic N) is 2. The summed E-state index contributed by atoms with van der Waals surface area (Å²) in [7, 11) is 0. The SMILES string of the molecule is CC(C)C(NC(=O)C1CCCN1C(=O)C(N)Cc1ccc(O)cc1)C(=O)NC(CCC(=O)O)C(=O)N1CCCC1C(=O)NC(Cc1ccccc1)C(=O)NC(C(=O)NC(CCC(=O)O)C(=O)NC(CO)C(=O)NC(CCC(N)=O)C(=O)NC(CO)C(=O)O)C(C)O. The van der Waals surface area contributed by atoms with Gasteiger partial charge in [-0.25, -0.2) is 4.79 Å². The first-order valence-electron chi connectivity index (χ1n) is 29.4. The van der Waals surface area contributed by atoms with Gasteiger partial charge < -0.3 is 99.5 Å². The number of carboxylic acids is 3. The van der Waals surface area contributed by atoms with Crippen LogP contribution in [0.4, 0.5) is 0 Å². The van der Waals surface area contributed by atoms with Crippen molar-refractivity contribution in [3.8, 4) is 5.75 Å². The van der Waals surface area contributed by atoms with Crippen molar-refractivity contribution in [3.63, 3.8) is 0 Å². The third kappa shape index (κ3) is 22.9. The van der Waals surface area contributed by atoms with Crippen LogP contribution < -0.4 is 54.0 Å². The first-order valence-corrected chi connectivity index (χ1v) is 29.4. The van der Waals surface area contributed by atoms with Gasteiger partial charge >= 0.3 is 17.9 Å². The molecule has 2 fully saturated rings. The van der Waals surface area contributed by atoms with E-state index in [1.807, 2.05) is 5.32 Å². The molecule has 500 valence electrons. The standard InChI is InChI=1S/C58H82N12O21/c1-29(2)46(67-53(85)42-12-7-23-69(42)56(88)34(59)25-32-13-15-33(74)16-14-32)54(86)63-37(19-22-45(78)79)57(89)70-24-8-11-41(70)52(84)64-38(26-31-9-5-4-6-10-31)50(82)68-47(30(3)73)55(87)62-36(18-21-44(76)77)48(80)65-39(27-71)51(83)61-35(17-20-43(60)75)49(81)66-40(28-72)58(90)91/h4-6,9-10,13-16,29-30,34-42,46-47,71-74H,7-8,11-12,17-28,59H2,1-3H3,(H2,60,75)(H,61,83)(H,62,87)(H,63,86)(H,64,84)(H,65,80)(H,66,81)(H,67,85)(H,68,82)(H,76,77)(H,78,79)(H,90,91). The lowest BCUT2D eigenvalue weighted by Crippen LogP contribution is -2.62. The smallest absolute Gasteiger partial charge is 0.328 e. The second kappa shape index (κ2) is 35.7. The normalized spacial score (nSPS) is 17.8. The van der Waals surface area contributed by atoms with Crippen molar-refractivity contribution in [1.82, 2.24) is 52.3 Å². The number of hydrogen-bond acceptors (Lipinski definition) is 19. The number of phenolic OH excluding ortho intramolecular Hbond substituents is 1. The molecular formula is C58H82N12O21. The third-order valence-corrected chi connectivity index (χ3v) is 15.1. The minimum Gasteiger partial charge on any atom is -0.508 e. The number of benzene rings is 2. The number of aliphatic carboxylic acids is 3. The molecule has 0 aliphatic carbocycles. The summed E-state index contributed by atoms with van der Waals surface area (Å²) in [5.74, 6) is -16.3. The van der Waals surface area contributed by atoms with E-state index in [9.17, 15) is 103 Å². The number of carbonyl (C=O) groups excluding carboxylic acids is 11. The number of rotatable bonds is 36. The van der Waals surface area contributed by atoms with E-state index >= 15 is 0 Å². The summed E-state index contributed by atoms with van der Waals surface area (Å²) >= 11 is 0. The van der Waals surface area contributed by atoms with E-state index < -0.39 is 213 Å². The average Bonchev–Trinajstić information content (AvgIpc) is 2.30. The lowest BCUT2D eigenvalue weighted by atomic mass is 10.0. The molecule has 33 nitrogen and oxygen atoms in total. The van der Waals surface area contributed by atoms with Gasteiger partial charge in [0.05, 0.1) is 25.4 Å². The molecule has 2 aromatic carbocycles. The molecule has 33 heteroatoms. The summed E-state index contributed by atoms with van der Waals surface area (Å²) in [4.78, 5) is 188. The zero-order chi connectivity index (χ0) is 67.8. The Hall–Kier alpha value is -9.34. The Balaban J connectivity index is 1.53. The van der Waals surface area contributed by atoms with E-state index in [1.165, 1.54) is 17.0 Å². The summed E-state index contributed by atoms with van der Waals surface area (Å²) in [6.45, 7) is 2.08. The van der Waals surface area contributed by atoms with E-state index in [1.54, 1.807) is 56.3 Å². The molecule has 12 unspecified atom stereocenters. The molecule has 2 aliphatic rings. The van der Waals surface area contributed by atoms with Crippen LogP contribution in [0.15, 0.2) is 54.6 Å². The van der Waals surface area contributed by atoms with Gasteiger partial charge in [0.25, 0.3) is 0 Å². The number of nitrogens with one attached hydrogen (secondary N) is 8. The summed E-state index contributed by atoms with van der Waals surface area (Å²) in [5, 5.41) is 87.1. The Morgan fingerprint density at radius 1 is 0.505 bits per heavy atom. The van der Waals surface area contributed by atoms with Gasteiger partial charge in [-0.15, -0.1) is 0 Å². The molecule has 0 bridgehead atoms. The molecule has 2 saturated heterocycles. The van der Waals surface area contributed by atoms with Crippen LogP contribution in [0.1, 0.15) is 96.1 Å². The molecule has 91 heavy (non-hydrogen) atoms. The average molecular weight is 1280 g/mol. The molecule has 0 saturated carbocycles. The predicted molar refractivity (Wildman–Crippen MR) is 315 cm³/mol. The maximum absolute atomic E-state index is 14.6. The number of likely N-dealkylation sites (tertiary alicyclic amines) is 2. The Bertz CT molecular complexity index is 2930. The van der Waals surface area contributed by atoms with E-state index in [2.05, 4.69) is 37.2 Å². The Morgan fingerprint density at radius 2 is 0.945 bits per heavy atom.